The average Bonchev–Trinajstić information content (AvgIpc) is 3.35. The second-order valence-electron chi connectivity index (χ2n) is 7.21. The fourth-order valence-corrected chi connectivity index (χ4v) is 4.22. The summed E-state index contributed by atoms with van der Waals surface area (Å²) in [5, 5.41) is 19.3. The number of hydrogen-bond acceptors (Lipinski definition) is 7. The van der Waals surface area contributed by atoms with Gasteiger partial charge in [0.25, 0.3) is 5.69 Å². The number of carbonyl (C=O) groups excluding carboxylic acids is 1. The number of benzene rings is 1. The Labute approximate surface area is 165 Å². The van der Waals surface area contributed by atoms with E-state index >= 15 is 0 Å². The lowest BCUT2D eigenvalue weighted by molar-refractivity contribution is -0.385. The fraction of sp³-hybridized carbons (Fsp3) is 0.250. The van der Waals surface area contributed by atoms with E-state index in [0.29, 0.717) is 35.0 Å². The molecule has 1 aliphatic heterocycles. The highest BCUT2D eigenvalue weighted by atomic mass is 16.6. The third-order valence-corrected chi connectivity index (χ3v) is 5.40. The highest BCUT2D eigenvalue weighted by Crippen LogP contribution is 2.45. The molecule has 0 fully saturated rings. The van der Waals surface area contributed by atoms with Crippen LogP contribution in [0.3, 0.4) is 0 Å². The Balaban J connectivity index is 1.68. The number of carbonyl (C=O) groups is 1. The van der Waals surface area contributed by atoms with Crippen LogP contribution in [0.2, 0.25) is 0 Å². The molecule has 2 atom stereocenters. The molecule has 0 amide bonds. The number of nitrogens with zero attached hydrogens (tertiary/aromatic N) is 4. The standard InChI is InChI=1S/C20H17N5O4/c1-11-21-20-22-14-9-12(17-7-4-8-29-17)10-16(26)18(14)19(24(20)23-11)13-5-2-3-6-15(13)25(27)28/h2-8,12,19H,9-10H2,1H3,(H,21,22,23)/t12-,19+/m1/s1. The number of nitro groups is 1. The minimum absolute atomic E-state index is 0.0497. The molecule has 2 aliphatic rings. The molecule has 0 radical (unpaired) electrons. The van der Waals surface area contributed by atoms with Gasteiger partial charge < -0.3 is 9.73 Å². The van der Waals surface area contributed by atoms with Gasteiger partial charge in [0.15, 0.2) is 5.78 Å². The van der Waals surface area contributed by atoms with E-state index in [-0.39, 0.29) is 23.8 Å². The van der Waals surface area contributed by atoms with E-state index in [0.717, 1.165) is 5.76 Å². The Morgan fingerprint density at radius 1 is 1.24 bits per heavy atom. The second-order valence-corrected chi connectivity index (χ2v) is 7.21. The molecule has 9 nitrogen and oxygen atoms in total. The summed E-state index contributed by atoms with van der Waals surface area (Å²) in [7, 11) is 0. The van der Waals surface area contributed by atoms with Gasteiger partial charge in [-0.25, -0.2) is 4.68 Å². The molecule has 3 aromatic rings. The minimum atomic E-state index is -0.700. The summed E-state index contributed by atoms with van der Waals surface area (Å²) in [6.07, 6.45) is 2.42. The zero-order chi connectivity index (χ0) is 20.1. The molecule has 2 aromatic heterocycles. The number of allylic oxidation sites excluding steroid dienone is 2. The van der Waals surface area contributed by atoms with Gasteiger partial charge in [0.05, 0.1) is 16.7 Å². The monoisotopic (exact) mass is 391 g/mol. The lowest BCUT2D eigenvalue weighted by Gasteiger charge is -2.34. The first kappa shape index (κ1) is 17.4. The van der Waals surface area contributed by atoms with Crippen molar-refractivity contribution in [3.05, 3.63) is 81.2 Å². The predicted molar refractivity (Wildman–Crippen MR) is 102 cm³/mol. The van der Waals surface area contributed by atoms with Crippen molar-refractivity contribution in [3.8, 4) is 0 Å². The zero-order valence-corrected chi connectivity index (χ0v) is 15.5. The number of Topliss-reactive ketones (excluding diaryl/α,β-unsaturated/α-hetero) is 1. The van der Waals surface area contributed by atoms with Gasteiger partial charge in [-0.2, -0.15) is 10.1 Å². The summed E-state index contributed by atoms with van der Waals surface area (Å²) in [6.45, 7) is 1.75. The second kappa shape index (κ2) is 6.40. The van der Waals surface area contributed by atoms with Crippen LogP contribution >= 0.6 is 0 Å². The van der Waals surface area contributed by atoms with Crippen LogP contribution in [0.4, 0.5) is 11.6 Å². The van der Waals surface area contributed by atoms with E-state index in [9.17, 15) is 14.9 Å². The fourth-order valence-electron chi connectivity index (χ4n) is 4.22. The van der Waals surface area contributed by atoms with Crippen molar-refractivity contribution < 1.29 is 14.1 Å². The van der Waals surface area contributed by atoms with E-state index in [1.165, 1.54) is 6.07 Å². The maximum atomic E-state index is 13.2. The zero-order valence-electron chi connectivity index (χ0n) is 15.5. The molecule has 5 rings (SSSR count). The molecule has 0 saturated carbocycles. The molecule has 1 aliphatic carbocycles. The molecular formula is C20H17N5O4. The molecule has 0 unspecified atom stereocenters. The molecule has 0 bridgehead atoms. The van der Waals surface area contributed by atoms with Gasteiger partial charge in [0.1, 0.15) is 17.6 Å². The number of fused-ring (bicyclic) bond motifs is 1. The number of nitro benzene ring substituents is 1. The minimum Gasteiger partial charge on any atom is -0.469 e. The molecule has 9 heteroatoms. The summed E-state index contributed by atoms with van der Waals surface area (Å²) >= 11 is 0. The van der Waals surface area contributed by atoms with Crippen molar-refractivity contribution in [2.24, 2.45) is 0 Å². The smallest absolute Gasteiger partial charge is 0.275 e. The number of nitrogens with one attached hydrogen (secondary N) is 1. The van der Waals surface area contributed by atoms with Crippen LogP contribution in [0.25, 0.3) is 0 Å². The van der Waals surface area contributed by atoms with Crippen LogP contribution in [-0.2, 0) is 4.79 Å². The normalized spacial score (nSPS) is 20.8. The van der Waals surface area contributed by atoms with Crippen molar-refractivity contribution >= 4 is 17.4 Å². The number of hydrogen-bond donors (Lipinski definition) is 1. The number of aryl methyl sites for hydroxylation is 1. The maximum Gasteiger partial charge on any atom is 0.275 e. The molecule has 0 saturated heterocycles. The van der Waals surface area contributed by atoms with Gasteiger partial charge in [-0.05, 0) is 31.5 Å². The number of ketones is 1. The Hall–Kier alpha value is -3.75. The molecule has 3 heterocycles. The van der Waals surface area contributed by atoms with Crippen LogP contribution < -0.4 is 5.32 Å². The quantitative estimate of drug-likeness (QED) is 0.536. The summed E-state index contributed by atoms with van der Waals surface area (Å²) in [4.78, 5) is 28.9. The highest BCUT2D eigenvalue weighted by Gasteiger charge is 2.42. The van der Waals surface area contributed by atoms with Gasteiger partial charge in [-0.1, -0.05) is 12.1 Å². The van der Waals surface area contributed by atoms with Crippen LogP contribution in [0.1, 0.15) is 41.9 Å². The Kier molecular flexibility index (Phi) is 3.83. The van der Waals surface area contributed by atoms with Crippen LogP contribution in [0, 0.1) is 17.0 Å². The highest BCUT2D eigenvalue weighted by molar-refractivity contribution is 6.00. The summed E-state index contributed by atoms with van der Waals surface area (Å²) < 4.78 is 7.08. The van der Waals surface area contributed by atoms with Crippen molar-refractivity contribution in [2.45, 2.75) is 31.7 Å². The van der Waals surface area contributed by atoms with Gasteiger partial charge in [0, 0.05) is 29.7 Å². The van der Waals surface area contributed by atoms with E-state index in [1.807, 2.05) is 6.07 Å². The Bertz CT molecular complexity index is 1160. The van der Waals surface area contributed by atoms with Gasteiger partial charge in [-0.3, -0.25) is 14.9 Å². The van der Waals surface area contributed by atoms with Gasteiger partial charge in [0.2, 0.25) is 5.95 Å². The number of aromatic nitrogens is 3. The molecule has 146 valence electrons. The molecular weight excluding hydrogens is 374 g/mol. The van der Waals surface area contributed by atoms with E-state index in [1.54, 1.807) is 42.1 Å². The van der Waals surface area contributed by atoms with E-state index < -0.39 is 11.0 Å². The van der Waals surface area contributed by atoms with Crippen LogP contribution in [-0.4, -0.2) is 25.5 Å². The van der Waals surface area contributed by atoms with Crippen LogP contribution in [0.15, 0.2) is 58.3 Å². The lowest BCUT2D eigenvalue weighted by atomic mass is 9.79. The SMILES string of the molecule is Cc1nc2n(n1)[C@@H](c1ccccc1[N+](=O)[O-])C1=C(C[C@@H](c3ccco3)CC1=O)N2. The molecule has 1 aromatic carbocycles. The van der Waals surface area contributed by atoms with Crippen LogP contribution in [0.5, 0.6) is 0 Å². The maximum absolute atomic E-state index is 13.2. The Morgan fingerprint density at radius 3 is 2.83 bits per heavy atom. The first-order valence-corrected chi connectivity index (χ1v) is 9.26. The third-order valence-electron chi connectivity index (χ3n) is 5.40. The van der Waals surface area contributed by atoms with Crippen molar-refractivity contribution in [1.29, 1.82) is 0 Å². The molecule has 0 spiro atoms. The number of rotatable bonds is 3. The first-order valence-electron chi connectivity index (χ1n) is 9.26. The first-order chi connectivity index (χ1) is 14.0. The third kappa shape index (κ3) is 2.74. The van der Waals surface area contributed by atoms with Crippen molar-refractivity contribution in [2.75, 3.05) is 5.32 Å². The lowest BCUT2D eigenvalue weighted by Crippen LogP contribution is -2.33. The van der Waals surface area contributed by atoms with Crippen molar-refractivity contribution in [3.63, 3.8) is 0 Å². The predicted octanol–water partition coefficient (Wildman–Crippen LogP) is 3.50. The largest absolute Gasteiger partial charge is 0.469 e. The number of para-hydroxylation sites is 1. The topological polar surface area (TPSA) is 116 Å². The van der Waals surface area contributed by atoms with E-state index in [2.05, 4.69) is 15.4 Å². The summed E-state index contributed by atoms with van der Waals surface area (Å²) in [5.74, 6) is 1.56. The number of furan rings is 1. The summed E-state index contributed by atoms with van der Waals surface area (Å²) in [6, 6.07) is 9.42. The summed E-state index contributed by atoms with van der Waals surface area (Å²) in [5.41, 5.74) is 1.58. The average molecular weight is 391 g/mol. The Morgan fingerprint density at radius 2 is 2.07 bits per heavy atom. The molecule has 1 N–H and O–H groups in total. The van der Waals surface area contributed by atoms with Crippen molar-refractivity contribution in [1.82, 2.24) is 14.8 Å². The number of anilines is 1. The van der Waals surface area contributed by atoms with E-state index in [4.69, 9.17) is 4.42 Å². The molecule has 29 heavy (non-hydrogen) atoms. The van der Waals surface area contributed by atoms with Gasteiger partial charge >= 0.3 is 0 Å². The van der Waals surface area contributed by atoms with Gasteiger partial charge in [-0.15, -0.1) is 0 Å².